The first-order valence-corrected chi connectivity index (χ1v) is 5.44. The van der Waals surface area contributed by atoms with E-state index in [2.05, 4.69) is 0 Å². The Morgan fingerprint density at radius 1 is 1.29 bits per heavy atom. The summed E-state index contributed by atoms with van der Waals surface area (Å²) in [4.78, 5) is 21.5. The molecule has 6 nitrogen and oxygen atoms in total. The second kappa shape index (κ2) is 5.01. The molecule has 0 saturated carbocycles. The van der Waals surface area contributed by atoms with Gasteiger partial charge in [-0.2, -0.15) is 0 Å². The highest BCUT2D eigenvalue weighted by molar-refractivity contribution is 5.76. The molecule has 1 atom stereocenters. The predicted octanol–water partition coefficient (Wildman–Crippen LogP) is 0.936. The van der Waals surface area contributed by atoms with Gasteiger partial charge in [0.2, 0.25) is 0 Å². The summed E-state index contributed by atoms with van der Waals surface area (Å²) in [5, 5.41) is 8.41. The normalized spacial score (nSPS) is 26.8. The molecule has 0 bridgehead atoms. The first kappa shape index (κ1) is 13.9. The zero-order valence-corrected chi connectivity index (χ0v) is 10.3. The number of carbonyl (C=O) groups excluding carboxylic acids is 1. The highest BCUT2D eigenvalue weighted by Gasteiger charge is 2.42. The maximum atomic E-state index is 11.2. The van der Waals surface area contributed by atoms with E-state index in [0.29, 0.717) is 6.61 Å². The number of ether oxygens (including phenoxy) is 3. The second-order valence-corrected chi connectivity index (χ2v) is 4.79. The average Bonchev–Trinajstić information content (AvgIpc) is 2.48. The van der Waals surface area contributed by atoms with Crippen molar-refractivity contribution in [1.29, 1.82) is 0 Å². The van der Waals surface area contributed by atoms with E-state index in [4.69, 9.17) is 19.3 Å². The van der Waals surface area contributed by atoms with Crippen LogP contribution in [-0.4, -0.2) is 41.6 Å². The fourth-order valence-corrected chi connectivity index (χ4v) is 1.56. The van der Waals surface area contributed by atoms with Crippen LogP contribution in [0.15, 0.2) is 0 Å². The fraction of sp³-hybridized carbons (Fsp3) is 0.818. The minimum Gasteiger partial charge on any atom is -0.481 e. The molecule has 0 aromatic heterocycles. The Morgan fingerprint density at radius 2 is 1.94 bits per heavy atom. The molecule has 17 heavy (non-hydrogen) atoms. The van der Waals surface area contributed by atoms with Gasteiger partial charge in [-0.05, 0) is 20.8 Å². The van der Waals surface area contributed by atoms with E-state index < -0.39 is 23.3 Å². The molecule has 1 aliphatic heterocycles. The Bertz CT molecular complexity index is 311. The minimum absolute atomic E-state index is 0.0644. The van der Waals surface area contributed by atoms with E-state index in [1.165, 1.54) is 0 Å². The molecule has 1 saturated heterocycles. The lowest BCUT2D eigenvalue weighted by atomic mass is 10.1. The summed E-state index contributed by atoms with van der Waals surface area (Å²) < 4.78 is 15.9. The third-order valence-electron chi connectivity index (χ3n) is 2.30. The Kier molecular flexibility index (Phi) is 4.11. The van der Waals surface area contributed by atoms with E-state index in [0.717, 1.165) is 0 Å². The SMILES string of the molecule is CC1(C)OC[C@@](C)(COC(=O)CCC(=O)O)O1. The molecule has 98 valence electrons. The Hall–Kier alpha value is -1.14. The first-order chi connectivity index (χ1) is 7.72. The number of hydrogen-bond acceptors (Lipinski definition) is 5. The Morgan fingerprint density at radius 3 is 2.41 bits per heavy atom. The van der Waals surface area contributed by atoms with Crippen LogP contribution in [0.4, 0.5) is 0 Å². The van der Waals surface area contributed by atoms with E-state index in [1.807, 2.05) is 0 Å². The van der Waals surface area contributed by atoms with Crippen LogP contribution in [0.5, 0.6) is 0 Å². The van der Waals surface area contributed by atoms with E-state index in [-0.39, 0.29) is 19.4 Å². The summed E-state index contributed by atoms with van der Waals surface area (Å²) in [6.45, 7) is 5.75. The van der Waals surface area contributed by atoms with Crippen molar-refractivity contribution in [1.82, 2.24) is 0 Å². The lowest BCUT2D eigenvalue weighted by Gasteiger charge is -2.24. The molecule has 1 aliphatic rings. The number of carboxylic acids is 1. The Labute approximate surface area is 99.8 Å². The van der Waals surface area contributed by atoms with Crippen LogP contribution in [0.25, 0.3) is 0 Å². The second-order valence-electron chi connectivity index (χ2n) is 4.79. The van der Waals surface area contributed by atoms with E-state index in [9.17, 15) is 9.59 Å². The molecule has 0 aromatic carbocycles. The van der Waals surface area contributed by atoms with Gasteiger partial charge in [0, 0.05) is 0 Å². The lowest BCUT2D eigenvalue weighted by Crippen LogP contribution is -2.36. The molecule has 1 N–H and O–H groups in total. The number of carbonyl (C=O) groups is 2. The number of esters is 1. The fourth-order valence-electron chi connectivity index (χ4n) is 1.56. The van der Waals surface area contributed by atoms with Gasteiger partial charge in [0.25, 0.3) is 0 Å². The first-order valence-electron chi connectivity index (χ1n) is 5.44. The average molecular weight is 246 g/mol. The van der Waals surface area contributed by atoms with Crippen molar-refractivity contribution >= 4 is 11.9 Å². The van der Waals surface area contributed by atoms with Crippen molar-refractivity contribution in [2.45, 2.75) is 45.0 Å². The maximum absolute atomic E-state index is 11.2. The zero-order valence-electron chi connectivity index (χ0n) is 10.3. The summed E-state index contributed by atoms with van der Waals surface area (Å²) in [5.74, 6) is -2.24. The van der Waals surface area contributed by atoms with Gasteiger partial charge < -0.3 is 19.3 Å². The molecule has 0 aliphatic carbocycles. The predicted molar refractivity (Wildman–Crippen MR) is 57.3 cm³/mol. The highest BCUT2D eigenvalue weighted by atomic mass is 16.8. The summed E-state index contributed by atoms with van der Waals surface area (Å²) in [5.41, 5.74) is -0.664. The maximum Gasteiger partial charge on any atom is 0.306 e. The summed E-state index contributed by atoms with van der Waals surface area (Å²) in [6.07, 6.45) is -0.353. The third kappa shape index (κ3) is 4.70. The molecule has 1 rings (SSSR count). The number of aliphatic carboxylic acids is 1. The van der Waals surface area contributed by atoms with Gasteiger partial charge in [-0.15, -0.1) is 0 Å². The Balaban J connectivity index is 2.31. The van der Waals surface area contributed by atoms with Crippen LogP contribution in [0.2, 0.25) is 0 Å². The van der Waals surface area contributed by atoms with Crippen LogP contribution in [0.1, 0.15) is 33.6 Å². The van der Waals surface area contributed by atoms with Crippen LogP contribution in [-0.2, 0) is 23.8 Å². The highest BCUT2D eigenvalue weighted by Crippen LogP contribution is 2.30. The van der Waals surface area contributed by atoms with Gasteiger partial charge >= 0.3 is 11.9 Å². The van der Waals surface area contributed by atoms with Crippen molar-refractivity contribution in [3.63, 3.8) is 0 Å². The molecule has 1 fully saturated rings. The van der Waals surface area contributed by atoms with Crippen LogP contribution in [0.3, 0.4) is 0 Å². The van der Waals surface area contributed by atoms with Crippen molar-refractivity contribution < 1.29 is 28.9 Å². The van der Waals surface area contributed by atoms with Gasteiger partial charge in [-0.3, -0.25) is 9.59 Å². The zero-order chi connectivity index (χ0) is 13.1. The molecule has 0 amide bonds. The van der Waals surface area contributed by atoms with Crippen molar-refractivity contribution in [2.75, 3.05) is 13.2 Å². The molecule has 0 unspecified atom stereocenters. The number of carboxylic acid groups (broad SMARTS) is 1. The number of rotatable bonds is 5. The molecule has 6 heteroatoms. The standard InChI is InChI=1S/C11H18O6/c1-10(2)16-7-11(3,17-10)6-15-9(14)5-4-8(12)13/h4-7H2,1-3H3,(H,12,13)/t11-/m1/s1. The van der Waals surface area contributed by atoms with Crippen LogP contribution < -0.4 is 0 Å². The summed E-state index contributed by atoms with van der Waals surface area (Å²) in [7, 11) is 0. The molecule has 1 heterocycles. The minimum atomic E-state index is -1.02. The van der Waals surface area contributed by atoms with Crippen molar-refractivity contribution in [3.05, 3.63) is 0 Å². The smallest absolute Gasteiger partial charge is 0.306 e. The third-order valence-corrected chi connectivity index (χ3v) is 2.30. The summed E-state index contributed by atoms with van der Waals surface area (Å²) in [6, 6.07) is 0. The molecular weight excluding hydrogens is 228 g/mol. The van der Waals surface area contributed by atoms with Crippen molar-refractivity contribution in [3.8, 4) is 0 Å². The quantitative estimate of drug-likeness (QED) is 0.727. The van der Waals surface area contributed by atoms with Gasteiger partial charge in [0.1, 0.15) is 12.2 Å². The topological polar surface area (TPSA) is 82.1 Å². The molecular formula is C11H18O6. The van der Waals surface area contributed by atoms with Gasteiger partial charge in [0.05, 0.1) is 19.4 Å². The molecule has 0 aromatic rings. The summed E-state index contributed by atoms with van der Waals surface area (Å²) >= 11 is 0. The van der Waals surface area contributed by atoms with E-state index >= 15 is 0 Å². The molecule has 0 radical (unpaired) electrons. The van der Waals surface area contributed by atoms with E-state index in [1.54, 1.807) is 20.8 Å². The lowest BCUT2D eigenvalue weighted by molar-refractivity contribution is -0.176. The van der Waals surface area contributed by atoms with Gasteiger partial charge in [-0.1, -0.05) is 0 Å². The van der Waals surface area contributed by atoms with Crippen LogP contribution >= 0.6 is 0 Å². The van der Waals surface area contributed by atoms with Crippen molar-refractivity contribution in [2.24, 2.45) is 0 Å². The molecule has 0 spiro atoms. The van der Waals surface area contributed by atoms with Gasteiger partial charge in [-0.25, -0.2) is 0 Å². The monoisotopic (exact) mass is 246 g/mol. The van der Waals surface area contributed by atoms with Gasteiger partial charge in [0.15, 0.2) is 5.79 Å². The number of hydrogen-bond donors (Lipinski definition) is 1. The largest absolute Gasteiger partial charge is 0.481 e. The van der Waals surface area contributed by atoms with Crippen LogP contribution in [0, 0.1) is 0 Å².